The van der Waals surface area contributed by atoms with Crippen molar-refractivity contribution < 1.29 is 23.1 Å². The first kappa shape index (κ1) is 21.7. The number of rotatable bonds is 3. The van der Waals surface area contributed by atoms with Gasteiger partial charge in [-0.1, -0.05) is 12.2 Å². The van der Waals surface area contributed by atoms with E-state index in [4.69, 9.17) is 5.26 Å². The van der Waals surface area contributed by atoms with E-state index in [1.165, 1.54) is 6.07 Å². The number of aliphatic hydroxyl groups excluding tert-OH is 1. The molecule has 0 aromatic heterocycles. The van der Waals surface area contributed by atoms with Crippen molar-refractivity contribution in [2.45, 2.75) is 31.9 Å². The maximum absolute atomic E-state index is 13.4. The number of nitriles is 1. The Bertz CT molecular complexity index is 906. The van der Waals surface area contributed by atoms with Gasteiger partial charge in [0, 0.05) is 50.3 Å². The van der Waals surface area contributed by atoms with Crippen molar-refractivity contribution in [1.82, 2.24) is 4.90 Å². The average molecular weight is 433 g/mol. The van der Waals surface area contributed by atoms with Gasteiger partial charge in [0.2, 0.25) is 5.91 Å². The highest BCUT2D eigenvalue weighted by Gasteiger charge is 2.49. The maximum atomic E-state index is 13.4. The van der Waals surface area contributed by atoms with E-state index in [1.807, 2.05) is 22.0 Å². The second-order valence-corrected chi connectivity index (χ2v) is 8.93. The Labute approximate surface area is 179 Å². The van der Waals surface area contributed by atoms with Crippen LogP contribution in [0.15, 0.2) is 30.4 Å². The minimum atomic E-state index is -4.60. The lowest BCUT2D eigenvalue weighted by Gasteiger charge is -2.42. The Balaban J connectivity index is 1.50. The third kappa shape index (κ3) is 4.03. The smallest absolute Gasteiger partial charge is 0.396 e. The normalized spacial score (nSPS) is 23.5. The molecule has 2 fully saturated rings. The summed E-state index contributed by atoms with van der Waals surface area (Å²) in [5, 5.41) is 19.1. The number of carbonyl (C=O) groups excluding carboxylic acids is 1. The van der Waals surface area contributed by atoms with Crippen LogP contribution in [0.1, 0.15) is 36.8 Å². The van der Waals surface area contributed by atoms with E-state index in [1.54, 1.807) is 12.1 Å². The highest BCUT2D eigenvalue weighted by molar-refractivity contribution is 5.79. The fourth-order valence-electron chi connectivity index (χ4n) is 5.36. The van der Waals surface area contributed by atoms with Crippen LogP contribution < -0.4 is 4.90 Å². The summed E-state index contributed by atoms with van der Waals surface area (Å²) in [6.07, 6.45) is 2.50. The topological polar surface area (TPSA) is 67.6 Å². The van der Waals surface area contributed by atoms with Crippen molar-refractivity contribution in [1.29, 1.82) is 5.26 Å². The summed E-state index contributed by atoms with van der Waals surface area (Å²) >= 11 is 0. The molecule has 0 saturated carbocycles. The van der Waals surface area contributed by atoms with E-state index in [-0.39, 0.29) is 29.8 Å². The molecule has 2 aliphatic heterocycles. The van der Waals surface area contributed by atoms with Gasteiger partial charge in [0.25, 0.3) is 0 Å². The number of piperidine rings is 1. The maximum Gasteiger partial charge on any atom is 0.417 e. The molecule has 1 aromatic rings. The van der Waals surface area contributed by atoms with Crippen molar-refractivity contribution >= 4 is 11.6 Å². The summed E-state index contributed by atoms with van der Waals surface area (Å²) in [7, 11) is 0. The minimum absolute atomic E-state index is 0.0298. The first-order valence-electron chi connectivity index (χ1n) is 10.7. The first-order chi connectivity index (χ1) is 14.8. The summed E-state index contributed by atoms with van der Waals surface area (Å²) in [6.45, 7) is 2.18. The van der Waals surface area contributed by atoms with Crippen LogP contribution >= 0.6 is 0 Å². The van der Waals surface area contributed by atoms with Crippen LogP contribution in [-0.4, -0.2) is 48.7 Å². The molecule has 2 saturated heterocycles. The molecule has 31 heavy (non-hydrogen) atoms. The third-order valence-corrected chi connectivity index (χ3v) is 7.26. The van der Waals surface area contributed by atoms with E-state index in [0.717, 1.165) is 31.7 Å². The number of carbonyl (C=O) groups is 1. The Morgan fingerprint density at radius 1 is 1.23 bits per heavy atom. The minimum Gasteiger partial charge on any atom is -0.396 e. The fraction of sp³-hybridized carbons (Fsp3) is 0.565. The van der Waals surface area contributed by atoms with Gasteiger partial charge in [-0.05, 0) is 49.3 Å². The number of benzene rings is 1. The van der Waals surface area contributed by atoms with Crippen molar-refractivity contribution in [3.8, 4) is 6.07 Å². The molecule has 1 N–H and O–H groups in total. The van der Waals surface area contributed by atoms with E-state index in [9.17, 15) is 23.1 Å². The SMILES string of the molecule is N#Cc1ccc(N2CC(CO)C3(CCN(C(=O)C4CC=CC4)CC3)C2)cc1C(F)(F)F. The Hall–Kier alpha value is -2.53. The molecular weight excluding hydrogens is 407 g/mol. The summed E-state index contributed by atoms with van der Waals surface area (Å²) < 4.78 is 40.2. The molecule has 166 valence electrons. The molecule has 0 radical (unpaired) electrons. The van der Waals surface area contributed by atoms with Crippen molar-refractivity contribution in [3.63, 3.8) is 0 Å². The van der Waals surface area contributed by atoms with Crippen LogP contribution in [0.2, 0.25) is 0 Å². The van der Waals surface area contributed by atoms with Crippen LogP contribution in [0.5, 0.6) is 0 Å². The zero-order valence-electron chi connectivity index (χ0n) is 17.2. The molecule has 0 bridgehead atoms. The molecular formula is C23H26F3N3O2. The number of alkyl halides is 3. The lowest BCUT2D eigenvalue weighted by Crippen LogP contribution is -2.48. The van der Waals surface area contributed by atoms with Gasteiger partial charge in [0.15, 0.2) is 0 Å². The Morgan fingerprint density at radius 2 is 1.90 bits per heavy atom. The Morgan fingerprint density at radius 3 is 2.48 bits per heavy atom. The largest absolute Gasteiger partial charge is 0.417 e. The van der Waals surface area contributed by atoms with Crippen LogP contribution in [0.4, 0.5) is 18.9 Å². The van der Waals surface area contributed by atoms with Crippen LogP contribution in [0, 0.1) is 28.6 Å². The summed E-state index contributed by atoms with van der Waals surface area (Å²) in [4.78, 5) is 16.5. The van der Waals surface area contributed by atoms with Gasteiger partial charge >= 0.3 is 6.18 Å². The molecule has 1 atom stereocenters. The first-order valence-corrected chi connectivity index (χ1v) is 10.7. The third-order valence-electron chi connectivity index (χ3n) is 7.26. The van der Waals surface area contributed by atoms with Crippen molar-refractivity contribution in [2.24, 2.45) is 17.3 Å². The number of likely N-dealkylation sites (tertiary alicyclic amines) is 1. The molecule has 8 heteroatoms. The molecule has 1 aromatic carbocycles. The zero-order valence-corrected chi connectivity index (χ0v) is 17.2. The molecule has 1 aliphatic carbocycles. The number of nitrogens with zero attached hydrogens (tertiary/aromatic N) is 3. The quantitative estimate of drug-likeness (QED) is 0.740. The Kier molecular flexibility index (Phi) is 5.73. The summed E-state index contributed by atoms with van der Waals surface area (Å²) in [6, 6.07) is 5.42. The van der Waals surface area contributed by atoms with Gasteiger partial charge in [0.1, 0.15) is 0 Å². The number of aliphatic hydroxyl groups is 1. The molecule has 1 spiro atoms. The van der Waals surface area contributed by atoms with Gasteiger partial charge < -0.3 is 14.9 Å². The molecule has 2 heterocycles. The highest BCUT2D eigenvalue weighted by Crippen LogP contribution is 2.47. The second-order valence-electron chi connectivity index (χ2n) is 8.93. The van der Waals surface area contributed by atoms with E-state index in [2.05, 4.69) is 0 Å². The average Bonchev–Trinajstić information content (AvgIpc) is 3.41. The lowest BCUT2D eigenvalue weighted by atomic mass is 9.71. The number of halogens is 3. The highest BCUT2D eigenvalue weighted by atomic mass is 19.4. The lowest BCUT2D eigenvalue weighted by molar-refractivity contribution is -0.138. The van der Waals surface area contributed by atoms with Gasteiger partial charge in [-0.2, -0.15) is 18.4 Å². The van der Waals surface area contributed by atoms with E-state index in [0.29, 0.717) is 31.9 Å². The second kappa shape index (κ2) is 8.19. The number of anilines is 1. The number of hydrogen-bond donors (Lipinski definition) is 1. The fourth-order valence-corrected chi connectivity index (χ4v) is 5.36. The molecule has 4 rings (SSSR count). The summed E-state index contributed by atoms with van der Waals surface area (Å²) in [5.41, 5.74) is -1.14. The number of amides is 1. The number of allylic oxidation sites excluding steroid dienone is 2. The van der Waals surface area contributed by atoms with E-state index >= 15 is 0 Å². The monoisotopic (exact) mass is 433 g/mol. The van der Waals surface area contributed by atoms with Crippen molar-refractivity contribution in [3.05, 3.63) is 41.5 Å². The molecule has 1 amide bonds. The zero-order chi connectivity index (χ0) is 22.2. The summed E-state index contributed by atoms with van der Waals surface area (Å²) in [5.74, 6) is 0.141. The van der Waals surface area contributed by atoms with Crippen LogP contribution in [0.25, 0.3) is 0 Å². The molecule has 5 nitrogen and oxygen atoms in total. The van der Waals surface area contributed by atoms with Crippen LogP contribution in [-0.2, 0) is 11.0 Å². The number of hydrogen-bond acceptors (Lipinski definition) is 4. The van der Waals surface area contributed by atoms with Crippen LogP contribution in [0.3, 0.4) is 0 Å². The predicted molar refractivity (Wildman–Crippen MR) is 109 cm³/mol. The predicted octanol–water partition coefficient (Wildman–Crippen LogP) is 3.58. The van der Waals surface area contributed by atoms with Crippen molar-refractivity contribution in [2.75, 3.05) is 37.7 Å². The standard InChI is InChI=1S/C23H26F3N3O2/c24-23(25,26)20-11-19(6-5-17(20)12-27)29-13-18(14-30)22(15-29)7-9-28(10-8-22)21(31)16-3-1-2-4-16/h1-2,5-6,11,16,18,30H,3-4,7-10,13-15H2. The van der Waals surface area contributed by atoms with Gasteiger partial charge in [-0.15, -0.1) is 0 Å². The molecule has 3 aliphatic rings. The van der Waals surface area contributed by atoms with Gasteiger partial charge in [-0.25, -0.2) is 0 Å². The molecule has 1 unspecified atom stereocenters. The van der Waals surface area contributed by atoms with Gasteiger partial charge in [-0.3, -0.25) is 4.79 Å². The van der Waals surface area contributed by atoms with Gasteiger partial charge in [0.05, 0.1) is 17.2 Å². The van der Waals surface area contributed by atoms with E-state index < -0.39 is 17.3 Å².